The van der Waals surface area contributed by atoms with Crippen LogP contribution >= 0.6 is 11.6 Å². The molecule has 31 heavy (non-hydrogen) atoms. The number of nitro benzene ring substituents is 1. The molecule has 2 aromatic rings. The molecule has 0 saturated heterocycles. The maximum Gasteiger partial charge on any atom is 0.288 e. The van der Waals surface area contributed by atoms with Gasteiger partial charge in [0.25, 0.3) is 17.5 Å². The van der Waals surface area contributed by atoms with E-state index in [1.165, 1.54) is 24.4 Å². The summed E-state index contributed by atoms with van der Waals surface area (Å²) in [7, 11) is 0. The van der Waals surface area contributed by atoms with Gasteiger partial charge in [-0.3, -0.25) is 19.7 Å². The summed E-state index contributed by atoms with van der Waals surface area (Å²) in [4.78, 5) is 35.0. The molecule has 164 valence electrons. The van der Waals surface area contributed by atoms with Gasteiger partial charge in [0, 0.05) is 11.6 Å². The van der Waals surface area contributed by atoms with Gasteiger partial charge in [-0.2, -0.15) is 5.10 Å². The minimum Gasteiger partial charge on any atom is -0.484 e. The molecule has 0 spiro atoms. The number of carbonyl (C=O) groups is 2. The number of nitrogens with zero attached hydrogens (tertiary/aromatic N) is 2. The first-order valence-electron chi connectivity index (χ1n) is 9.43. The van der Waals surface area contributed by atoms with Gasteiger partial charge < -0.3 is 10.1 Å². The second kappa shape index (κ2) is 11.1. The first-order chi connectivity index (χ1) is 14.7. The number of carbonyl (C=O) groups excluding carboxylic acids is 2. The third kappa shape index (κ3) is 7.07. The molecular formula is C21H23ClN4O5. The number of hydrogen-bond acceptors (Lipinski definition) is 6. The highest BCUT2D eigenvalue weighted by molar-refractivity contribution is 6.32. The highest BCUT2D eigenvalue weighted by Gasteiger charge is 2.24. The lowest BCUT2D eigenvalue weighted by Crippen LogP contribution is -2.49. The fourth-order valence-corrected chi connectivity index (χ4v) is 2.79. The fourth-order valence-electron chi connectivity index (χ4n) is 2.60. The zero-order valence-corrected chi connectivity index (χ0v) is 18.1. The van der Waals surface area contributed by atoms with Crippen LogP contribution in [0, 0.1) is 23.0 Å². The summed E-state index contributed by atoms with van der Waals surface area (Å²) < 4.78 is 5.50. The molecule has 0 saturated carbocycles. The highest BCUT2D eigenvalue weighted by atomic mass is 35.5. The Morgan fingerprint density at radius 2 is 1.97 bits per heavy atom. The Bertz CT molecular complexity index is 993. The van der Waals surface area contributed by atoms with Crippen molar-refractivity contribution < 1.29 is 19.2 Å². The molecule has 2 rings (SSSR count). The van der Waals surface area contributed by atoms with E-state index in [-0.39, 0.29) is 23.2 Å². The Hall–Kier alpha value is -3.46. The van der Waals surface area contributed by atoms with Crippen LogP contribution in [0.15, 0.2) is 47.6 Å². The molecule has 0 radical (unpaired) electrons. The maximum atomic E-state index is 12.5. The average molecular weight is 447 g/mol. The number of hydrogen-bond donors (Lipinski definition) is 2. The lowest BCUT2D eigenvalue weighted by molar-refractivity contribution is -0.384. The Labute approximate surface area is 184 Å². The van der Waals surface area contributed by atoms with Gasteiger partial charge in [-0.05, 0) is 30.5 Å². The summed E-state index contributed by atoms with van der Waals surface area (Å²) in [5, 5.41) is 17.4. The van der Waals surface area contributed by atoms with Crippen molar-refractivity contribution >= 4 is 35.3 Å². The topological polar surface area (TPSA) is 123 Å². The lowest BCUT2D eigenvalue weighted by Gasteiger charge is -2.20. The first kappa shape index (κ1) is 23.8. The quantitative estimate of drug-likeness (QED) is 0.347. The molecule has 2 N–H and O–H groups in total. The van der Waals surface area contributed by atoms with E-state index < -0.39 is 22.8 Å². The zero-order chi connectivity index (χ0) is 23.0. The largest absolute Gasteiger partial charge is 0.484 e. The lowest BCUT2D eigenvalue weighted by atomic mass is 10.0. The number of ether oxygens (including phenoxy) is 1. The summed E-state index contributed by atoms with van der Waals surface area (Å²) in [6.07, 6.45) is 1.25. The molecule has 0 fully saturated rings. The van der Waals surface area contributed by atoms with Crippen LogP contribution in [0.2, 0.25) is 5.02 Å². The van der Waals surface area contributed by atoms with Crippen molar-refractivity contribution in [1.29, 1.82) is 0 Å². The van der Waals surface area contributed by atoms with Gasteiger partial charge >= 0.3 is 0 Å². The summed E-state index contributed by atoms with van der Waals surface area (Å²) in [5.74, 6) is -0.604. The van der Waals surface area contributed by atoms with Gasteiger partial charge in [0.15, 0.2) is 6.61 Å². The van der Waals surface area contributed by atoms with E-state index in [4.69, 9.17) is 16.3 Å². The number of nitrogens with one attached hydrogen (secondary N) is 2. The SMILES string of the molecule is Cc1ccccc1OCC(=O)N[C@H](C(=O)N/N=C\c1ccc(Cl)c([N+](=O)[O-])c1)C(C)C. The Kier molecular flexibility index (Phi) is 8.51. The first-order valence-corrected chi connectivity index (χ1v) is 9.81. The second-order valence-electron chi connectivity index (χ2n) is 7.05. The van der Waals surface area contributed by atoms with Crippen molar-refractivity contribution in [3.05, 3.63) is 68.7 Å². The van der Waals surface area contributed by atoms with Crippen molar-refractivity contribution in [1.82, 2.24) is 10.7 Å². The van der Waals surface area contributed by atoms with Gasteiger partial charge in [0.2, 0.25) is 0 Å². The number of hydrazone groups is 1. The standard InChI is InChI=1S/C21H23ClN4O5/c1-13(2)20(24-19(27)12-31-18-7-5-4-6-14(18)3)21(28)25-23-11-15-8-9-16(22)17(10-15)26(29)30/h4-11,13,20H,12H2,1-3H3,(H,24,27)(H,25,28)/b23-11-/t20-/m0/s1. The molecule has 0 unspecified atom stereocenters. The van der Waals surface area contributed by atoms with Crippen LogP contribution in [0.25, 0.3) is 0 Å². The van der Waals surface area contributed by atoms with Gasteiger partial charge in [0.05, 0.1) is 11.1 Å². The Morgan fingerprint density at radius 3 is 2.61 bits per heavy atom. The molecule has 0 aliphatic heterocycles. The van der Waals surface area contributed by atoms with Gasteiger partial charge in [-0.1, -0.05) is 49.7 Å². The number of rotatable bonds is 9. The molecular weight excluding hydrogens is 424 g/mol. The molecule has 2 amide bonds. The van der Waals surface area contributed by atoms with E-state index >= 15 is 0 Å². The Morgan fingerprint density at radius 1 is 1.26 bits per heavy atom. The normalized spacial score (nSPS) is 11.9. The molecule has 10 heteroatoms. The number of benzene rings is 2. The fraction of sp³-hybridized carbons (Fsp3) is 0.286. The van der Waals surface area contributed by atoms with Gasteiger partial charge in [-0.25, -0.2) is 5.43 Å². The monoisotopic (exact) mass is 446 g/mol. The van der Waals surface area contributed by atoms with Crippen LogP contribution in [0.1, 0.15) is 25.0 Å². The van der Waals surface area contributed by atoms with Crippen molar-refractivity contribution in [3.8, 4) is 5.75 Å². The predicted molar refractivity (Wildman–Crippen MR) is 117 cm³/mol. The van der Waals surface area contributed by atoms with Gasteiger partial charge in [-0.15, -0.1) is 0 Å². The summed E-state index contributed by atoms with van der Waals surface area (Å²) in [6, 6.07) is 10.6. The van der Waals surface area contributed by atoms with E-state index in [1.807, 2.05) is 19.1 Å². The Balaban J connectivity index is 1.95. The van der Waals surface area contributed by atoms with Gasteiger partial charge in [0.1, 0.15) is 16.8 Å². The van der Waals surface area contributed by atoms with E-state index in [2.05, 4.69) is 15.8 Å². The maximum absolute atomic E-state index is 12.5. The zero-order valence-electron chi connectivity index (χ0n) is 17.3. The average Bonchev–Trinajstić information content (AvgIpc) is 2.72. The smallest absolute Gasteiger partial charge is 0.288 e. The van der Waals surface area contributed by atoms with Crippen molar-refractivity contribution in [3.63, 3.8) is 0 Å². The minimum atomic E-state index is -0.843. The van der Waals surface area contributed by atoms with E-state index in [1.54, 1.807) is 26.0 Å². The molecule has 0 bridgehead atoms. The number of amides is 2. The van der Waals surface area contributed by atoms with E-state index in [0.717, 1.165) is 5.56 Å². The van der Waals surface area contributed by atoms with Crippen molar-refractivity contribution in [2.75, 3.05) is 6.61 Å². The van der Waals surface area contributed by atoms with Crippen LogP contribution in [0.5, 0.6) is 5.75 Å². The van der Waals surface area contributed by atoms with Crippen LogP contribution in [0.3, 0.4) is 0 Å². The minimum absolute atomic E-state index is 0.00156. The second-order valence-corrected chi connectivity index (χ2v) is 7.45. The van der Waals surface area contributed by atoms with Crippen molar-refractivity contribution in [2.24, 2.45) is 11.0 Å². The summed E-state index contributed by atoms with van der Waals surface area (Å²) >= 11 is 5.77. The molecule has 0 aliphatic rings. The number of halogens is 1. The van der Waals surface area contributed by atoms with Crippen LogP contribution < -0.4 is 15.5 Å². The summed E-state index contributed by atoms with van der Waals surface area (Å²) in [5.41, 5.74) is 3.35. The number of para-hydroxylation sites is 1. The molecule has 2 aromatic carbocycles. The third-order valence-corrected chi connectivity index (χ3v) is 4.59. The van der Waals surface area contributed by atoms with Crippen LogP contribution in [-0.2, 0) is 9.59 Å². The predicted octanol–water partition coefficient (Wildman–Crippen LogP) is 3.23. The number of aryl methyl sites for hydroxylation is 1. The molecule has 0 aromatic heterocycles. The molecule has 1 atom stereocenters. The third-order valence-electron chi connectivity index (χ3n) is 4.27. The van der Waals surface area contributed by atoms with Crippen LogP contribution in [-0.4, -0.2) is 35.6 Å². The van der Waals surface area contributed by atoms with E-state index in [9.17, 15) is 19.7 Å². The van der Waals surface area contributed by atoms with E-state index in [0.29, 0.717) is 11.3 Å². The van der Waals surface area contributed by atoms with Crippen molar-refractivity contribution in [2.45, 2.75) is 26.8 Å². The molecule has 0 heterocycles. The number of nitro groups is 1. The summed E-state index contributed by atoms with van der Waals surface area (Å²) in [6.45, 7) is 5.18. The molecule has 9 nitrogen and oxygen atoms in total. The highest BCUT2D eigenvalue weighted by Crippen LogP contribution is 2.24. The molecule has 0 aliphatic carbocycles. The van der Waals surface area contributed by atoms with Crippen LogP contribution in [0.4, 0.5) is 5.69 Å².